The van der Waals surface area contributed by atoms with E-state index in [4.69, 9.17) is 18.9 Å². The van der Waals surface area contributed by atoms with E-state index in [1.165, 1.54) is 0 Å². The topological polar surface area (TPSA) is 199 Å². The molecule has 2 heterocycles. The Hall–Kier alpha value is -1.00. The van der Waals surface area contributed by atoms with E-state index in [1.54, 1.807) is 16.7 Å². The summed E-state index contributed by atoms with van der Waals surface area (Å²) >= 11 is 0. The first-order valence-electron chi connectivity index (χ1n) is 19.9. The van der Waals surface area contributed by atoms with Gasteiger partial charge in [-0.1, -0.05) is 53.2 Å². The minimum absolute atomic E-state index is 0.00478. The summed E-state index contributed by atoms with van der Waals surface area (Å²) in [4.78, 5) is 0. The smallest absolute Gasteiger partial charge is 0.187 e. The SMILES string of the molecule is CC(C)CC(O)CC(C)C1CC=C2C3=C(CCC21C)C1(C)CCC(OC2OC(CO)C(O)C(O)C2OC2OC(CO)C(O)C(O)C2O)C(C)C1CC3. The van der Waals surface area contributed by atoms with Crippen LogP contribution in [0, 0.1) is 40.4 Å². The van der Waals surface area contributed by atoms with Crippen molar-refractivity contribution in [3.05, 3.63) is 22.8 Å². The number of ether oxygens (including phenoxy) is 4. The molecule has 0 bridgehead atoms. The summed E-state index contributed by atoms with van der Waals surface area (Å²) in [5, 5.41) is 83.6. The molecule has 18 atom stereocenters. The van der Waals surface area contributed by atoms with Crippen molar-refractivity contribution in [2.45, 2.75) is 173 Å². The van der Waals surface area contributed by atoms with Crippen LogP contribution >= 0.6 is 0 Å². The standard InChI is InChI=1S/C40H66O12/c1-19(2)15-22(43)16-20(3)24-9-10-26-23-7-8-25-21(4)28(12-14-40(25,6)27(23)11-13-39(24,26)5)49-38-36(34(47)32(45)30(18-42)51-38)52-37-35(48)33(46)31(44)29(17-41)50-37/h10,19-22,24-25,28-38,41-48H,7-9,11-18H2,1-6H3. The minimum atomic E-state index is -1.72. The molecular weight excluding hydrogens is 672 g/mol. The molecule has 2 saturated heterocycles. The van der Waals surface area contributed by atoms with Crippen molar-refractivity contribution in [2.24, 2.45) is 40.4 Å². The van der Waals surface area contributed by atoms with E-state index in [2.05, 4.69) is 47.6 Å². The number of aliphatic hydroxyl groups excluding tert-OH is 8. The quantitative estimate of drug-likeness (QED) is 0.154. The van der Waals surface area contributed by atoms with Crippen molar-refractivity contribution in [3.8, 4) is 0 Å². The number of rotatable bonds is 11. The average Bonchev–Trinajstić information content (AvgIpc) is 3.46. The fourth-order valence-corrected chi connectivity index (χ4v) is 11.4. The molecule has 0 aromatic heterocycles. The van der Waals surface area contributed by atoms with Gasteiger partial charge < -0.3 is 59.8 Å². The maximum atomic E-state index is 11.2. The first-order valence-corrected chi connectivity index (χ1v) is 19.9. The van der Waals surface area contributed by atoms with Gasteiger partial charge in [0.2, 0.25) is 0 Å². The molecule has 52 heavy (non-hydrogen) atoms. The van der Waals surface area contributed by atoms with Crippen LogP contribution in [0.1, 0.15) is 99.3 Å². The second-order valence-electron chi connectivity index (χ2n) is 18.0. The van der Waals surface area contributed by atoms with Crippen LogP contribution in [0.3, 0.4) is 0 Å². The molecule has 0 radical (unpaired) electrons. The summed E-state index contributed by atoms with van der Waals surface area (Å²) in [6.07, 6.45) is -4.22. The second-order valence-corrected chi connectivity index (χ2v) is 18.0. The highest BCUT2D eigenvalue weighted by molar-refractivity contribution is 5.49. The zero-order valence-corrected chi connectivity index (χ0v) is 31.9. The van der Waals surface area contributed by atoms with Crippen LogP contribution in [0.15, 0.2) is 22.8 Å². The molecule has 298 valence electrons. The lowest BCUT2D eigenvalue weighted by atomic mass is 9.49. The van der Waals surface area contributed by atoms with Crippen molar-refractivity contribution in [2.75, 3.05) is 13.2 Å². The van der Waals surface area contributed by atoms with Crippen molar-refractivity contribution < 1.29 is 59.8 Å². The van der Waals surface area contributed by atoms with E-state index in [9.17, 15) is 40.9 Å². The van der Waals surface area contributed by atoms with Gasteiger partial charge >= 0.3 is 0 Å². The van der Waals surface area contributed by atoms with Gasteiger partial charge in [-0.2, -0.15) is 0 Å². The van der Waals surface area contributed by atoms with Crippen molar-refractivity contribution in [3.63, 3.8) is 0 Å². The van der Waals surface area contributed by atoms with E-state index >= 15 is 0 Å². The Kier molecular flexibility index (Phi) is 12.4. The van der Waals surface area contributed by atoms with Gasteiger partial charge in [0.1, 0.15) is 48.8 Å². The summed E-state index contributed by atoms with van der Waals surface area (Å²) in [6.45, 7) is 12.5. The van der Waals surface area contributed by atoms with Crippen LogP contribution in [-0.4, -0.2) is 128 Å². The van der Waals surface area contributed by atoms with Gasteiger partial charge in [-0.25, -0.2) is 0 Å². The monoisotopic (exact) mass is 738 g/mol. The lowest BCUT2D eigenvalue weighted by Crippen LogP contribution is -2.65. The summed E-state index contributed by atoms with van der Waals surface area (Å²) < 4.78 is 24.1. The normalized spacial score (nSPS) is 47.8. The summed E-state index contributed by atoms with van der Waals surface area (Å²) in [7, 11) is 0. The highest BCUT2D eigenvalue weighted by Gasteiger charge is 2.57. The zero-order chi connectivity index (χ0) is 37.9. The molecule has 0 aromatic carbocycles. The fraction of sp³-hybridized carbons (Fsp3) is 0.900. The van der Waals surface area contributed by atoms with Crippen molar-refractivity contribution >= 4 is 0 Å². The van der Waals surface area contributed by atoms with Gasteiger partial charge in [0, 0.05) is 0 Å². The highest BCUT2D eigenvalue weighted by atomic mass is 16.8. The first-order chi connectivity index (χ1) is 24.5. The van der Waals surface area contributed by atoms with Crippen LogP contribution in [0.25, 0.3) is 0 Å². The Labute approximate surface area is 308 Å². The van der Waals surface area contributed by atoms with Crippen LogP contribution in [0.2, 0.25) is 0 Å². The van der Waals surface area contributed by atoms with Gasteiger partial charge in [0.05, 0.1) is 25.4 Å². The van der Waals surface area contributed by atoms with Crippen LogP contribution in [-0.2, 0) is 18.9 Å². The molecule has 12 nitrogen and oxygen atoms in total. The van der Waals surface area contributed by atoms with Gasteiger partial charge in [-0.15, -0.1) is 0 Å². The second kappa shape index (κ2) is 15.9. The summed E-state index contributed by atoms with van der Waals surface area (Å²) in [5.41, 5.74) is 4.80. The Bertz CT molecular complexity index is 1300. The molecule has 0 aromatic rings. The zero-order valence-electron chi connectivity index (χ0n) is 31.9. The lowest BCUT2D eigenvalue weighted by molar-refractivity contribution is -0.374. The molecule has 18 unspecified atom stereocenters. The lowest BCUT2D eigenvalue weighted by Gasteiger charge is -2.57. The molecule has 0 spiro atoms. The molecule has 4 aliphatic carbocycles. The number of allylic oxidation sites excluding steroid dienone is 4. The molecular formula is C40H66O12. The predicted octanol–water partition coefficient (Wildman–Crippen LogP) is 2.32. The van der Waals surface area contributed by atoms with E-state index in [1.807, 2.05) is 0 Å². The van der Waals surface area contributed by atoms with Crippen LogP contribution < -0.4 is 0 Å². The third kappa shape index (κ3) is 7.23. The van der Waals surface area contributed by atoms with E-state index in [0.29, 0.717) is 30.1 Å². The molecule has 1 saturated carbocycles. The summed E-state index contributed by atoms with van der Waals surface area (Å²) in [5.74, 6) is 1.87. The third-order valence-corrected chi connectivity index (χ3v) is 14.3. The molecule has 8 N–H and O–H groups in total. The molecule has 6 rings (SSSR count). The van der Waals surface area contributed by atoms with Gasteiger partial charge in [-0.3, -0.25) is 0 Å². The largest absolute Gasteiger partial charge is 0.394 e. The Morgan fingerprint density at radius 2 is 1.44 bits per heavy atom. The van der Waals surface area contributed by atoms with Crippen LogP contribution in [0.4, 0.5) is 0 Å². The van der Waals surface area contributed by atoms with Crippen molar-refractivity contribution in [1.29, 1.82) is 0 Å². The Balaban J connectivity index is 1.17. The number of fused-ring (bicyclic) bond motifs is 4. The summed E-state index contributed by atoms with van der Waals surface area (Å²) in [6, 6.07) is 0. The molecule has 3 fully saturated rings. The molecule has 12 heteroatoms. The minimum Gasteiger partial charge on any atom is -0.394 e. The molecule has 2 aliphatic heterocycles. The van der Waals surface area contributed by atoms with E-state index in [0.717, 1.165) is 51.4 Å². The fourth-order valence-electron chi connectivity index (χ4n) is 11.4. The average molecular weight is 739 g/mol. The Morgan fingerprint density at radius 3 is 2.10 bits per heavy atom. The van der Waals surface area contributed by atoms with Crippen molar-refractivity contribution in [1.82, 2.24) is 0 Å². The first kappa shape index (κ1) is 40.7. The predicted molar refractivity (Wildman–Crippen MR) is 190 cm³/mol. The number of hydrogen-bond acceptors (Lipinski definition) is 12. The third-order valence-electron chi connectivity index (χ3n) is 14.3. The van der Waals surface area contributed by atoms with Crippen LogP contribution in [0.5, 0.6) is 0 Å². The maximum absolute atomic E-state index is 11.2. The number of aliphatic hydroxyl groups is 8. The molecule has 6 aliphatic rings. The molecule has 0 amide bonds. The highest BCUT2D eigenvalue weighted by Crippen LogP contribution is 2.65. The Morgan fingerprint density at radius 1 is 0.788 bits per heavy atom. The van der Waals surface area contributed by atoms with E-state index in [-0.39, 0.29) is 29.0 Å². The number of hydrogen-bond donors (Lipinski definition) is 8. The van der Waals surface area contributed by atoms with E-state index < -0.39 is 74.6 Å². The van der Waals surface area contributed by atoms with Gasteiger partial charge in [0.15, 0.2) is 12.6 Å². The van der Waals surface area contributed by atoms with Gasteiger partial charge in [0.25, 0.3) is 0 Å². The van der Waals surface area contributed by atoms with Gasteiger partial charge in [-0.05, 0) is 109 Å². The maximum Gasteiger partial charge on any atom is 0.187 e.